The SMILES string of the molecule is CNCCCN1CC[C@@H](CNC(=O)c2cc(Cl)c(OC)c3c2OCCCO3)C(O)C1. The number of hydrogen-bond acceptors (Lipinski definition) is 7. The van der Waals surface area contributed by atoms with Crippen LogP contribution in [0.2, 0.25) is 5.02 Å². The van der Waals surface area contributed by atoms with Gasteiger partial charge < -0.3 is 34.9 Å². The summed E-state index contributed by atoms with van der Waals surface area (Å²) in [5, 5.41) is 16.9. The van der Waals surface area contributed by atoms with Gasteiger partial charge in [0.25, 0.3) is 5.91 Å². The number of ether oxygens (including phenoxy) is 3. The van der Waals surface area contributed by atoms with Gasteiger partial charge in [0, 0.05) is 25.4 Å². The van der Waals surface area contributed by atoms with E-state index in [2.05, 4.69) is 15.5 Å². The van der Waals surface area contributed by atoms with Crippen molar-refractivity contribution in [1.29, 1.82) is 0 Å². The molecule has 2 heterocycles. The number of halogens is 1. The second kappa shape index (κ2) is 11.0. The minimum Gasteiger partial charge on any atom is -0.491 e. The summed E-state index contributed by atoms with van der Waals surface area (Å²) in [5.74, 6) is 0.795. The number of aliphatic hydroxyl groups is 1. The minimum atomic E-state index is -0.468. The van der Waals surface area contributed by atoms with E-state index in [0.29, 0.717) is 60.6 Å². The molecule has 0 saturated carbocycles. The van der Waals surface area contributed by atoms with Crippen LogP contribution in [-0.4, -0.2) is 82.1 Å². The molecule has 9 heteroatoms. The van der Waals surface area contributed by atoms with Crippen molar-refractivity contribution in [2.24, 2.45) is 5.92 Å². The van der Waals surface area contributed by atoms with Crippen LogP contribution in [0.3, 0.4) is 0 Å². The molecule has 1 unspecified atom stereocenters. The average molecular weight is 442 g/mol. The van der Waals surface area contributed by atoms with Gasteiger partial charge in [-0.05, 0) is 45.6 Å². The molecule has 1 amide bonds. The number of aliphatic hydroxyl groups excluding tert-OH is 1. The first kappa shape index (κ1) is 22.9. The van der Waals surface area contributed by atoms with Gasteiger partial charge in [0.1, 0.15) is 0 Å². The Bertz CT molecular complexity index is 733. The molecule has 0 aliphatic carbocycles. The van der Waals surface area contributed by atoms with Gasteiger partial charge in [-0.25, -0.2) is 0 Å². The summed E-state index contributed by atoms with van der Waals surface area (Å²) >= 11 is 6.31. The van der Waals surface area contributed by atoms with Gasteiger partial charge >= 0.3 is 0 Å². The summed E-state index contributed by atoms with van der Waals surface area (Å²) in [6.07, 6.45) is 2.12. The predicted octanol–water partition coefficient (Wildman–Crippen LogP) is 1.53. The van der Waals surface area contributed by atoms with Crippen molar-refractivity contribution >= 4 is 17.5 Å². The van der Waals surface area contributed by atoms with Crippen molar-refractivity contribution in [2.45, 2.75) is 25.4 Å². The third-order valence-electron chi connectivity index (χ3n) is 5.61. The molecule has 1 aromatic rings. The van der Waals surface area contributed by atoms with Crippen LogP contribution in [0.25, 0.3) is 0 Å². The fourth-order valence-electron chi connectivity index (χ4n) is 3.92. The predicted molar refractivity (Wildman–Crippen MR) is 115 cm³/mol. The molecule has 1 aromatic carbocycles. The Hall–Kier alpha value is -1.74. The van der Waals surface area contributed by atoms with Gasteiger partial charge in [-0.1, -0.05) is 11.6 Å². The van der Waals surface area contributed by atoms with Crippen LogP contribution in [0.1, 0.15) is 29.6 Å². The number of amides is 1. The van der Waals surface area contributed by atoms with Gasteiger partial charge in [0.05, 0.1) is 37.0 Å². The molecule has 0 spiro atoms. The molecular weight excluding hydrogens is 410 g/mol. The number of piperidine rings is 1. The first-order valence-electron chi connectivity index (χ1n) is 10.5. The topological polar surface area (TPSA) is 92.3 Å². The van der Waals surface area contributed by atoms with E-state index in [0.717, 1.165) is 32.5 Å². The second-order valence-corrected chi connectivity index (χ2v) is 8.14. The lowest BCUT2D eigenvalue weighted by molar-refractivity contribution is 0.0218. The van der Waals surface area contributed by atoms with Crippen molar-refractivity contribution < 1.29 is 24.1 Å². The number of nitrogens with zero attached hydrogens (tertiary/aromatic N) is 1. The second-order valence-electron chi connectivity index (χ2n) is 7.73. The van der Waals surface area contributed by atoms with Gasteiger partial charge in [-0.15, -0.1) is 0 Å². The number of likely N-dealkylation sites (tertiary alicyclic amines) is 1. The van der Waals surface area contributed by atoms with Crippen molar-refractivity contribution in [2.75, 3.05) is 60.1 Å². The summed E-state index contributed by atoms with van der Waals surface area (Å²) in [6.45, 7) is 4.78. The largest absolute Gasteiger partial charge is 0.491 e. The smallest absolute Gasteiger partial charge is 0.255 e. The monoisotopic (exact) mass is 441 g/mol. The molecule has 1 fully saturated rings. The molecule has 2 aliphatic rings. The first-order chi connectivity index (χ1) is 14.5. The number of rotatable bonds is 8. The highest BCUT2D eigenvalue weighted by molar-refractivity contribution is 6.33. The minimum absolute atomic E-state index is 0.0130. The molecule has 2 atom stereocenters. The Kier molecular flexibility index (Phi) is 8.44. The molecule has 3 rings (SSSR count). The van der Waals surface area contributed by atoms with Crippen molar-refractivity contribution in [3.63, 3.8) is 0 Å². The highest BCUT2D eigenvalue weighted by Crippen LogP contribution is 2.46. The van der Waals surface area contributed by atoms with Crippen LogP contribution >= 0.6 is 11.6 Å². The quantitative estimate of drug-likeness (QED) is 0.527. The zero-order chi connectivity index (χ0) is 21.5. The molecule has 0 radical (unpaired) electrons. The van der Waals surface area contributed by atoms with Crippen LogP contribution in [0.4, 0.5) is 0 Å². The Balaban J connectivity index is 1.62. The number of benzene rings is 1. The van der Waals surface area contributed by atoms with Crippen LogP contribution < -0.4 is 24.8 Å². The summed E-state index contributed by atoms with van der Waals surface area (Å²) in [5.41, 5.74) is 0.316. The van der Waals surface area contributed by atoms with E-state index >= 15 is 0 Å². The van der Waals surface area contributed by atoms with E-state index in [1.165, 1.54) is 7.11 Å². The molecule has 2 aliphatic heterocycles. The highest BCUT2D eigenvalue weighted by Gasteiger charge is 2.30. The fourth-order valence-corrected chi connectivity index (χ4v) is 4.19. The fraction of sp³-hybridized carbons (Fsp3) is 0.667. The van der Waals surface area contributed by atoms with Crippen molar-refractivity contribution in [1.82, 2.24) is 15.5 Å². The van der Waals surface area contributed by atoms with E-state index in [1.54, 1.807) is 6.07 Å². The lowest BCUT2D eigenvalue weighted by Gasteiger charge is -2.36. The zero-order valence-electron chi connectivity index (χ0n) is 17.7. The molecule has 8 nitrogen and oxygen atoms in total. The standard InChI is InChI=1S/C21H32ClN3O5/c1-23-6-3-7-25-8-5-14(17(26)13-25)12-24-21(27)15-11-16(22)19(28-2)20-18(15)29-9-4-10-30-20/h11,14,17,23,26H,3-10,12-13H2,1-2H3,(H,24,27)/t14-,17?/m0/s1. The molecule has 168 valence electrons. The number of β-amino-alcohol motifs (C(OH)–C–C–N with tert-alkyl or cyclic N) is 1. The number of carbonyl (C=O) groups excluding carboxylic acids is 1. The van der Waals surface area contributed by atoms with Crippen LogP contribution in [0.15, 0.2) is 6.07 Å². The molecule has 0 aromatic heterocycles. The highest BCUT2D eigenvalue weighted by atomic mass is 35.5. The molecule has 0 bridgehead atoms. The van der Waals surface area contributed by atoms with Crippen LogP contribution in [0, 0.1) is 5.92 Å². The Morgan fingerprint density at radius 2 is 2.13 bits per heavy atom. The van der Waals surface area contributed by atoms with Gasteiger partial charge in [0.2, 0.25) is 5.75 Å². The van der Waals surface area contributed by atoms with Crippen molar-refractivity contribution in [3.05, 3.63) is 16.7 Å². The average Bonchev–Trinajstić information content (AvgIpc) is 2.98. The first-order valence-corrected chi connectivity index (χ1v) is 10.9. The molecule has 3 N–H and O–H groups in total. The lowest BCUT2D eigenvalue weighted by atomic mass is 9.93. The Labute approximate surface area is 182 Å². The number of hydrogen-bond donors (Lipinski definition) is 3. The van der Waals surface area contributed by atoms with Crippen LogP contribution in [0.5, 0.6) is 17.2 Å². The molecule has 1 saturated heterocycles. The number of fused-ring (bicyclic) bond motifs is 1. The summed E-state index contributed by atoms with van der Waals surface area (Å²) in [4.78, 5) is 15.2. The zero-order valence-corrected chi connectivity index (χ0v) is 18.5. The normalized spacial score (nSPS) is 21.7. The van der Waals surface area contributed by atoms with Crippen LogP contribution in [-0.2, 0) is 0 Å². The maximum Gasteiger partial charge on any atom is 0.255 e. The third kappa shape index (κ3) is 5.49. The third-order valence-corrected chi connectivity index (χ3v) is 5.89. The number of methoxy groups -OCH3 is 1. The van der Waals surface area contributed by atoms with Gasteiger partial charge in [0.15, 0.2) is 11.5 Å². The van der Waals surface area contributed by atoms with Gasteiger partial charge in [-0.3, -0.25) is 4.79 Å². The van der Waals surface area contributed by atoms with Crippen molar-refractivity contribution in [3.8, 4) is 17.2 Å². The number of carbonyl (C=O) groups is 1. The molecule has 30 heavy (non-hydrogen) atoms. The Morgan fingerprint density at radius 1 is 1.37 bits per heavy atom. The van der Waals surface area contributed by atoms with E-state index in [4.69, 9.17) is 25.8 Å². The maximum atomic E-state index is 12.9. The summed E-state index contributed by atoms with van der Waals surface area (Å²) < 4.78 is 16.9. The molecular formula is C21H32ClN3O5. The Morgan fingerprint density at radius 3 is 2.83 bits per heavy atom. The lowest BCUT2D eigenvalue weighted by Crippen LogP contribution is -2.48. The summed E-state index contributed by atoms with van der Waals surface area (Å²) in [7, 11) is 3.44. The number of nitrogens with one attached hydrogen (secondary N) is 2. The summed E-state index contributed by atoms with van der Waals surface area (Å²) in [6, 6.07) is 1.55. The van der Waals surface area contributed by atoms with E-state index in [-0.39, 0.29) is 11.8 Å². The maximum absolute atomic E-state index is 12.9. The van der Waals surface area contributed by atoms with E-state index < -0.39 is 6.10 Å². The van der Waals surface area contributed by atoms with Gasteiger partial charge in [-0.2, -0.15) is 0 Å². The van der Waals surface area contributed by atoms with E-state index in [1.807, 2.05) is 7.05 Å². The van der Waals surface area contributed by atoms with E-state index in [9.17, 15) is 9.90 Å².